The van der Waals surface area contributed by atoms with Gasteiger partial charge in [-0.1, -0.05) is 0 Å². The third-order valence-corrected chi connectivity index (χ3v) is 3.20. The molecule has 0 saturated heterocycles. The molecule has 1 aromatic carbocycles. The molecule has 0 aliphatic rings. The Morgan fingerprint density at radius 3 is 2.52 bits per heavy atom. The standard InChI is InChI=1S/C13H13N3O4S/c1-19-8-3-4-9(10(7-8)20-2)15-11(17)12(18)16-13-14-5-6-21-13/h3-7H,1-2H3,(H,15,17)(H,14,16,18). The fourth-order valence-corrected chi connectivity index (χ4v) is 2.04. The molecule has 0 atom stereocenters. The summed E-state index contributed by atoms with van der Waals surface area (Å²) in [4.78, 5) is 27.4. The Balaban J connectivity index is 2.06. The predicted molar refractivity (Wildman–Crippen MR) is 78.9 cm³/mol. The summed E-state index contributed by atoms with van der Waals surface area (Å²) in [5.41, 5.74) is 0.373. The first-order chi connectivity index (χ1) is 10.1. The zero-order valence-electron chi connectivity index (χ0n) is 11.4. The molecule has 0 saturated carbocycles. The van der Waals surface area contributed by atoms with Crippen LogP contribution in [0.3, 0.4) is 0 Å². The van der Waals surface area contributed by atoms with Crippen LogP contribution in [0.15, 0.2) is 29.8 Å². The maximum Gasteiger partial charge on any atom is 0.315 e. The quantitative estimate of drug-likeness (QED) is 0.840. The molecule has 21 heavy (non-hydrogen) atoms. The summed E-state index contributed by atoms with van der Waals surface area (Å²) in [6, 6.07) is 4.84. The zero-order valence-corrected chi connectivity index (χ0v) is 12.2. The number of aromatic nitrogens is 1. The molecule has 0 spiro atoms. The lowest BCUT2D eigenvalue weighted by molar-refractivity contribution is -0.133. The van der Waals surface area contributed by atoms with Gasteiger partial charge in [0.05, 0.1) is 19.9 Å². The van der Waals surface area contributed by atoms with E-state index in [0.717, 1.165) is 0 Å². The number of amides is 2. The molecule has 0 unspecified atom stereocenters. The summed E-state index contributed by atoms with van der Waals surface area (Å²) in [6.07, 6.45) is 1.53. The van der Waals surface area contributed by atoms with E-state index in [1.165, 1.54) is 31.8 Å². The monoisotopic (exact) mass is 307 g/mol. The van der Waals surface area contributed by atoms with Gasteiger partial charge in [-0.05, 0) is 12.1 Å². The van der Waals surface area contributed by atoms with Crippen LogP contribution in [-0.2, 0) is 9.59 Å². The van der Waals surface area contributed by atoms with Gasteiger partial charge in [-0.15, -0.1) is 11.3 Å². The van der Waals surface area contributed by atoms with Crippen LogP contribution in [0, 0.1) is 0 Å². The Labute approximate surface area is 124 Å². The van der Waals surface area contributed by atoms with Crippen molar-refractivity contribution in [3.63, 3.8) is 0 Å². The van der Waals surface area contributed by atoms with Gasteiger partial charge < -0.3 is 14.8 Å². The second-order valence-corrected chi connectivity index (χ2v) is 4.71. The number of thiazole rings is 1. The van der Waals surface area contributed by atoms with Gasteiger partial charge in [0, 0.05) is 17.6 Å². The molecular weight excluding hydrogens is 294 g/mol. The van der Waals surface area contributed by atoms with E-state index in [1.807, 2.05) is 0 Å². The van der Waals surface area contributed by atoms with Crippen LogP contribution in [0.2, 0.25) is 0 Å². The highest BCUT2D eigenvalue weighted by atomic mass is 32.1. The molecule has 8 heteroatoms. The Morgan fingerprint density at radius 2 is 1.90 bits per heavy atom. The van der Waals surface area contributed by atoms with Crippen molar-refractivity contribution in [1.82, 2.24) is 4.98 Å². The van der Waals surface area contributed by atoms with Crippen molar-refractivity contribution in [3.8, 4) is 11.5 Å². The molecule has 0 radical (unpaired) electrons. The molecule has 1 aromatic heterocycles. The second kappa shape index (κ2) is 6.71. The normalized spacial score (nSPS) is 9.81. The van der Waals surface area contributed by atoms with Crippen LogP contribution >= 0.6 is 11.3 Å². The lowest BCUT2D eigenvalue weighted by Gasteiger charge is -2.11. The van der Waals surface area contributed by atoms with Crippen molar-refractivity contribution in [1.29, 1.82) is 0 Å². The van der Waals surface area contributed by atoms with E-state index in [4.69, 9.17) is 9.47 Å². The molecule has 2 rings (SSSR count). The van der Waals surface area contributed by atoms with Crippen molar-refractivity contribution < 1.29 is 19.1 Å². The van der Waals surface area contributed by atoms with Gasteiger partial charge in [0.2, 0.25) is 0 Å². The number of rotatable bonds is 4. The highest BCUT2D eigenvalue weighted by molar-refractivity contribution is 7.13. The van der Waals surface area contributed by atoms with Gasteiger partial charge >= 0.3 is 11.8 Å². The van der Waals surface area contributed by atoms with E-state index < -0.39 is 11.8 Å². The van der Waals surface area contributed by atoms with Crippen molar-refractivity contribution in [3.05, 3.63) is 29.8 Å². The number of carbonyl (C=O) groups excluding carboxylic acids is 2. The highest BCUT2D eigenvalue weighted by Crippen LogP contribution is 2.28. The molecule has 0 aliphatic carbocycles. The van der Waals surface area contributed by atoms with Crippen molar-refractivity contribution in [2.45, 2.75) is 0 Å². The third kappa shape index (κ3) is 3.69. The first kappa shape index (κ1) is 14.8. The summed E-state index contributed by atoms with van der Waals surface area (Å²) in [7, 11) is 2.98. The summed E-state index contributed by atoms with van der Waals surface area (Å²) >= 11 is 1.22. The fraction of sp³-hybridized carbons (Fsp3) is 0.154. The largest absolute Gasteiger partial charge is 0.497 e. The van der Waals surface area contributed by atoms with E-state index >= 15 is 0 Å². The number of hydrogen-bond donors (Lipinski definition) is 2. The topological polar surface area (TPSA) is 89.5 Å². The minimum Gasteiger partial charge on any atom is -0.497 e. The van der Waals surface area contributed by atoms with E-state index in [0.29, 0.717) is 22.3 Å². The molecule has 7 nitrogen and oxygen atoms in total. The minimum absolute atomic E-state index is 0.358. The summed E-state index contributed by atoms with van der Waals surface area (Å²) in [6.45, 7) is 0. The summed E-state index contributed by atoms with van der Waals surface area (Å²) < 4.78 is 10.2. The number of carbonyl (C=O) groups is 2. The predicted octanol–water partition coefficient (Wildman–Crippen LogP) is 1.74. The summed E-state index contributed by atoms with van der Waals surface area (Å²) in [5.74, 6) is -0.640. The molecule has 2 aromatic rings. The number of anilines is 2. The third-order valence-electron chi connectivity index (χ3n) is 2.52. The average Bonchev–Trinajstić information content (AvgIpc) is 3.00. The highest BCUT2D eigenvalue weighted by Gasteiger charge is 2.17. The smallest absolute Gasteiger partial charge is 0.315 e. The average molecular weight is 307 g/mol. The van der Waals surface area contributed by atoms with Crippen molar-refractivity contribution in [2.75, 3.05) is 24.9 Å². The van der Waals surface area contributed by atoms with E-state index in [2.05, 4.69) is 15.6 Å². The van der Waals surface area contributed by atoms with E-state index in [-0.39, 0.29) is 0 Å². The molecule has 0 fully saturated rings. The number of benzene rings is 1. The number of methoxy groups -OCH3 is 2. The molecular formula is C13H13N3O4S. The fourth-order valence-electron chi connectivity index (χ4n) is 1.52. The lowest BCUT2D eigenvalue weighted by Crippen LogP contribution is -2.29. The van der Waals surface area contributed by atoms with Crippen LogP contribution in [0.25, 0.3) is 0 Å². The van der Waals surface area contributed by atoms with E-state index in [1.54, 1.807) is 23.6 Å². The number of nitrogens with zero attached hydrogens (tertiary/aromatic N) is 1. The number of hydrogen-bond acceptors (Lipinski definition) is 6. The van der Waals surface area contributed by atoms with Gasteiger partial charge in [0.1, 0.15) is 11.5 Å². The van der Waals surface area contributed by atoms with Gasteiger partial charge in [-0.25, -0.2) is 4.98 Å². The Morgan fingerprint density at radius 1 is 1.14 bits per heavy atom. The van der Waals surface area contributed by atoms with Crippen LogP contribution < -0.4 is 20.1 Å². The Kier molecular flexibility index (Phi) is 4.72. The minimum atomic E-state index is -0.811. The lowest BCUT2D eigenvalue weighted by atomic mass is 10.2. The van der Waals surface area contributed by atoms with Gasteiger partial charge in [-0.3, -0.25) is 14.9 Å². The van der Waals surface area contributed by atoms with Crippen LogP contribution in [0.4, 0.5) is 10.8 Å². The second-order valence-electron chi connectivity index (χ2n) is 3.81. The maximum absolute atomic E-state index is 11.8. The van der Waals surface area contributed by atoms with Gasteiger partial charge in [-0.2, -0.15) is 0 Å². The van der Waals surface area contributed by atoms with E-state index in [9.17, 15) is 9.59 Å². The molecule has 2 N–H and O–H groups in total. The molecule has 2 amide bonds. The van der Waals surface area contributed by atoms with Crippen molar-refractivity contribution in [2.24, 2.45) is 0 Å². The number of ether oxygens (including phenoxy) is 2. The Hall–Kier alpha value is -2.61. The van der Waals surface area contributed by atoms with Gasteiger partial charge in [0.15, 0.2) is 5.13 Å². The molecule has 1 heterocycles. The van der Waals surface area contributed by atoms with Crippen LogP contribution in [0.5, 0.6) is 11.5 Å². The molecule has 110 valence electrons. The SMILES string of the molecule is COc1ccc(NC(=O)C(=O)Nc2nccs2)c(OC)c1. The number of nitrogens with one attached hydrogen (secondary N) is 2. The Bertz CT molecular complexity index is 643. The molecule has 0 aliphatic heterocycles. The van der Waals surface area contributed by atoms with Gasteiger partial charge in [0.25, 0.3) is 0 Å². The maximum atomic E-state index is 11.8. The van der Waals surface area contributed by atoms with Crippen molar-refractivity contribution >= 4 is 34.0 Å². The van der Waals surface area contributed by atoms with Crippen LogP contribution in [0.1, 0.15) is 0 Å². The molecule has 0 bridgehead atoms. The first-order valence-electron chi connectivity index (χ1n) is 5.88. The zero-order chi connectivity index (χ0) is 15.2. The first-order valence-corrected chi connectivity index (χ1v) is 6.76. The summed E-state index contributed by atoms with van der Waals surface area (Å²) in [5, 5.41) is 6.92. The van der Waals surface area contributed by atoms with Crippen LogP contribution in [-0.4, -0.2) is 31.0 Å².